The molecule has 0 bridgehead atoms. The van der Waals surface area contributed by atoms with Gasteiger partial charge in [0, 0.05) is 4.88 Å². The second kappa shape index (κ2) is 4.98. The fourth-order valence-electron chi connectivity index (χ4n) is 2.10. The van der Waals surface area contributed by atoms with Crippen molar-refractivity contribution in [3.05, 3.63) is 58.0 Å². The smallest absolute Gasteiger partial charge is 0.189 e. The quantitative estimate of drug-likeness (QED) is 0.572. The summed E-state index contributed by atoms with van der Waals surface area (Å²) in [7, 11) is 0. The third-order valence-corrected chi connectivity index (χ3v) is 3.94. The van der Waals surface area contributed by atoms with Gasteiger partial charge in [0.15, 0.2) is 5.78 Å². The molecule has 0 spiro atoms. The summed E-state index contributed by atoms with van der Waals surface area (Å²) in [6, 6.07) is 7.14. The van der Waals surface area contributed by atoms with Gasteiger partial charge in [-0.25, -0.2) is 0 Å². The van der Waals surface area contributed by atoms with Gasteiger partial charge < -0.3 is 9.52 Å². The normalized spacial score (nSPS) is 11.4. The highest BCUT2D eigenvalue weighted by Gasteiger charge is 2.15. The number of carbonyl (C=O) groups is 1. The Balaban J connectivity index is 1.99. The number of fused-ring (bicyclic) bond motifs is 1. The van der Waals surface area contributed by atoms with E-state index in [2.05, 4.69) is 0 Å². The molecular weight excluding hydrogens is 272 g/mol. The van der Waals surface area contributed by atoms with E-state index >= 15 is 0 Å². The van der Waals surface area contributed by atoms with Crippen LogP contribution in [0.2, 0.25) is 0 Å². The van der Waals surface area contributed by atoms with Crippen molar-refractivity contribution in [1.29, 1.82) is 0 Å². The summed E-state index contributed by atoms with van der Waals surface area (Å²) < 4.78 is 5.30. The predicted octanol–water partition coefficient (Wildman–Crippen LogP) is 4.40. The molecule has 1 aromatic carbocycles. The lowest BCUT2D eigenvalue weighted by Gasteiger charge is -2.02. The molecule has 0 fully saturated rings. The Morgan fingerprint density at radius 3 is 2.95 bits per heavy atom. The van der Waals surface area contributed by atoms with E-state index in [9.17, 15) is 9.90 Å². The number of carbonyl (C=O) groups excluding carboxylic acids is 1. The van der Waals surface area contributed by atoms with Gasteiger partial charge in [-0.05, 0) is 48.2 Å². The van der Waals surface area contributed by atoms with Crippen LogP contribution in [0.5, 0.6) is 5.75 Å². The SMILES string of the molecule is Cc1coc2ccc(C(=O)/C=C/c3cccs3)c(O)c12. The van der Waals surface area contributed by atoms with Crippen LogP contribution < -0.4 is 0 Å². The van der Waals surface area contributed by atoms with Gasteiger partial charge >= 0.3 is 0 Å². The minimum Gasteiger partial charge on any atom is -0.506 e. The first-order chi connectivity index (χ1) is 9.66. The Hall–Kier alpha value is -2.33. The largest absolute Gasteiger partial charge is 0.506 e. The molecule has 0 aliphatic heterocycles. The zero-order valence-electron chi connectivity index (χ0n) is 10.8. The molecule has 0 aliphatic carbocycles. The monoisotopic (exact) mass is 284 g/mol. The van der Waals surface area contributed by atoms with Crippen molar-refractivity contribution in [3.63, 3.8) is 0 Å². The average Bonchev–Trinajstić information content (AvgIpc) is 3.07. The zero-order chi connectivity index (χ0) is 14.1. The minimum atomic E-state index is -0.224. The molecule has 3 rings (SSSR count). The Morgan fingerprint density at radius 2 is 2.20 bits per heavy atom. The van der Waals surface area contributed by atoms with Crippen LogP contribution in [0.1, 0.15) is 20.8 Å². The summed E-state index contributed by atoms with van der Waals surface area (Å²) >= 11 is 1.55. The molecule has 100 valence electrons. The maximum Gasteiger partial charge on any atom is 0.189 e. The number of phenols is 1. The zero-order valence-corrected chi connectivity index (χ0v) is 11.6. The number of aromatic hydroxyl groups is 1. The van der Waals surface area contributed by atoms with Gasteiger partial charge in [0.25, 0.3) is 0 Å². The number of hydrogen-bond donors (Lipinski definition) is 1. The van der Waals surface area contributed by atoms with E-state index in [4.69, 9.17) is 4.42 Å². The number of aryl methyl sites for hydroxylation is 1. The molecule has 2 aromatic heterocycles. The molecule has 3 nitrogen and oxygen atoms in total. The molecule has 0 amide bonds. The van der Waals surface area contributed by atoms with Crippen molar-refractivity contribution in [3.8, 4) is 5.75 Å². The summed E-state index contributed by atoms with van der Waals surface area (Å²) in [4.78, 5) is 13.2. The van der Waals surface area contributed by atoms with E-state index in [1.807, 2.05) is 24.4 Å². The number of furan rings is 1. The van der Waals surface area contributed by atoms with Gasteiger partial charge in [-0.2, -0.15) is 0 Å². The van der Waals surface area contributed by atoms with Crippen molar-refractivity contribution in [2.45, 2.75) is 6.92 Å². The first kappa shape index (κ1) is 12.7. The molecule has 4 heteroatoms. The molecule has 0 saturated heterocycles. The second-order valence-corrected chi connectivity index (χ2v) is 5.45. The van der Waals surface area contributed by atoms with Crippen LogP contribution in [0.4, 0.5) is 0 Å². The van der Waals surface area contributed by atoms with Gasteiger partial charge in [-0.15, -0.1) is 11.3 Å². The minimum absolute atomic E-state index is 0.0189. The van der Waals surface area contributed by atoms with E-state index < -0.39 is 0 Å². The Bertz CT molecular complexity index is 795. The Morgan fingerprint density at radius 1 is 1.35 bits per heavy atom. The van der Waals surface area contributed by atoms with Gasteiger partial charge in [-0.3, -0.25) is 4.79 Å². The second-order valence-electron chi connectivity index (χ2n) is 4.47. The van der Waals surface area contributed by atoms with Crippen LogP contribution in [0.15, 0.2) is 46.4 Å². The fraction of sp³-hybridized carbons (Fsp3) is 0.0625. The number of rotatable bonds is 3. The van der Waals surface area contributed by atoms with E-state index in [1.165, 1.54) is 6.08 Å². The lowest BCUT2D eigenvalue weighted by molar-refractivity contribution is 0.104. The maximum atomic E-state index is 12.2. The van der Waals surface area contributed by atoms with Crippen molar-refractivity contribution < 1.29 is 14.3 Å². The lowest BCUT2D eigenvalue weighted by Crippen LogP contribution is -1.95. The van der Waals surface area contributed by atoms with Crippen LogP contribution >= 0.6 is 11.3 Å². The number of allylic oxidation sites excluding steroid dienone is 1. The number of phenolic OH excluding ortho intramolecular Hbond substituents is 1. The van der Waals surface area contributed by atoms with Crippen molar-refractivity contribution in [2.24, 2.45) is 0 Å². The molecule has 0 saturated carbocycles. The summed E-state index contributed by atoms with van der Waals surface area (Å²) in [5.74, 6) is -0.243. The molecule has 0 unspecified atom stereocenters. The molecule has 0 radical (unpaired) electrons. The van der Waals surface area contributed by atoms with Gasteiger partial charge in [-0.1, -0.05) is 6.07 Å². The third-order valence-electron chi connectivity index (χ3n) is 3.10. The summed E-state index contributed by atoms with van der Waals surface area (Å²) in [5.41, 5.74) is 1.68. The molecular formula is C16H12O3S. The molecule has 3 aromatic rings. The first-order valence-electron chi connectivity index (χ1n) is 6.12. The van der Waals surface area contributed by atoms with E-state index in [0.29, 0.717) is 11.0 Å². The van der Waals surface area contributed by atoms with Crippen LogP contribution in [-0.2, 0) is 0 Å². The topological polar surface area (TPSA) is 50.4 Å². The lowest BCUT2D eigenvalue weighted by atomic mass is 10.0. The molecule has 0 aliphatic rings. The van der Waals surface area contributed by atoms with Crippen molar-refractivity contribution >= 4 is 34.2 Å². The molecule has 1 N–H and O–H groups in total. The summed E-state index contributed by atoms with van der Waals surface area (Å²) in [6.45, 7) is 1.83. The van der Waals surface area contributed by atoms with Gasteiger partial charge in [0.1, 0.15) is 11.3 Å². The average molecular weight is 284 g/mol. The van der Waals surface area contributed by atoms with Gasteiger partial charge in [0.05, 0.1) is 17.2 Å². The van der Waals surface area contributed by atoms with Crippen LogP contribution in [0.25, 0.3) is 17.0 Å². The first-order valence-corrected chi connectivity index (χ1v) is 7.00. The highest BCUT2D eigenvalue weighted by molar-refractivity contribution is 7.10. The third kappa shape index (κ3) is 2.14. The van der Waals surface area contributed by atoms with Crippen LogP contribution in [-0.4, -0.2) is 10.9 Å². The summed E-state index contributed by atoms with van der Waals surface area (Å²) in [6.07, 6.45) is 4.79. The van der Waals surface area contributed by atoms with Crippen LogP contribution in [0, 0.1) is 6.92 Å². The number of ketones is 1. The number of hydrogen-bond acceptors (Lipinski definition) is 4. The highest BCUT2D eigenvalue weighted by Crippen LogP contribution is 2.33. The van der Waals surface area contributed by atoms with Gasteiger partial charge in [0.2, 0.25) is 0 Å². The molecule has 2 heterocycles. The Labute approximate surface area is 119 Å². The van der Waals surface area contributed by atoms with E-state index in [1.54, 1.807) is 35.8 Å². The molecule has 20 heavy (non-hydrogen) atoms. The van der Waals surface area contributed by atoms with E-state index in [0.717, 1.165) is 10.4 Å². The standard InChI is InChI=1S/C16H12O3S/c1-10-9-19-14-7-5-12(16(18)15(10)14)13(17)6-4-11-3-2-8-20-11/h2-9,18H,1H3/b6-4+. The van der Waals surface area contributed by atoms with Crippen LogP contribution in [0.3, 0.4) is 0 Å². The number of benzene rings is 1. The number of thiophene rings is 1. The predicted molar refractivity (Wildman–Crippen MR) is 80.3 cm³/mol. The fourth-order valence-corrected chi connectivity index (χ4v) is 2.71. The maximum absolute atomic E-state index is 12.2. The van der Waals surface area contributed by atoms with Crippen molar-refractivity contribution in [2.75, 3.05) is 0 Å². The highest BCUT2D eigenvalue weighted by atomic mass is 32.1. The van der Waals surface area contributed by atoms with Crippen molar-refractivity contribution in [1.82, 2.24) is 0 Å². The molecule has 0 atom stereocenters. The Kier molecular flexibility index (Phi) is 3.16. The van der Waals surface area contributed by atoms with E-state index in [-0.39, 0.29) is 17.1 Å². The summed E-state index contributed by atoms with van der Waals surface area (Å²) in [5, 5.41) is 12.8.